The number of amides is 2. The van der Waals surface area contributed by atoms with Crippen molar-refractivity contribution in [1.29, 1.82) is 0 Å². The highest BCUT2D eigenvalue weighted by Crippen LogP contribution is 2.35. The Labute approximate surface area is 233 Å². The van der Waals surface area contributed by atoms with Crippen molar-refractivity contribution >= 4 is 46.3 Å². The number of anilines is 4. The number of alkyl halides is 6. The maximum absolute atomic E-state index is 13.1. The third-order valence-electron chi connectivity index (χ3n) is 5.70. The van der Waals surface area contributed by atoms with Crippen molar-refractivity contribution in [3.63, 3.8) is 0 Å². The number of hydrogen-bond acceptors (Lipinski definition) is 5. The molecule has 0 aliphatic carbocycles. The van der Waals surface area contributed by atoms with Crippen LogP contribution in [-0.4, -0.2) is 11.8 Å². The number of benzene rings is 4. The molecule has 0 aliphatic heterocycles. The van der Waals surface area contributed by atoms with E-state index in [4.69, 9.17) is 11.5 Å². The Hall–Kier alpha value is -4.65. The van der Waals surface area contributed by atoms with E-state index in [-0.39, 0.29) is 11.1 Å². The second-order valence-electron chi connectivity index (χ2n) is 8.66. The highest BCUT2D eigenvalue weighted by Gasteiger charge is 2.34. The van der Waals surface area contributed by atoms with Crippen molar-refractivity contribution in [3.05, 3.63) is 107 Å². The van der Waals surface area contributed by atoms with E-state index in [1.165, 1.54) is 23.9 Å². The quantitative estimate of drug-likeness (QED) is 0.137. The van der Waals surface area contributed by atoms with Crippen LogP contribution in [-0.2, 0) is 12.4 Å². The number of carbonyl (C=O) groups excluding carboxylic acids is 2. The van der Waals surface area contributed by atoms with E-state index >= 15 is 0 Å². The van der Waals surface area contributed by atoms with Gasteiger partial charge in [-0.2, -0.15) is 26.3 Å². The van der Waals surface area contributed by atoms with Crippen molar-refractivity contribution in [2.24, 2.45) is 0 Å². The fourth-order valence-corrected chi connectivity index (χ4v) is 4.46. The van der Waals surface area contributed by atoms with Crippen molar-refractivity contribution in [1.82, 2.24) is 0 Å². The second-order valence-corrected chi connectivity index (χ2v) is 9.81. The van der Waals surface area contributed by atoms with Crippen LogP contribution < -0.4 is 22.1 Å². The van der Waals surface area contributed by atoms with Gasteiger partial charge in [0.1, 0.15) is 0 Å². The van der Waals surface area contributed by atoms with Crippen LogP contribution >= 0.6 is 11.8 Å². The molecule has 0 fully saturated rings. The Morgan fingerprint density at radius 3 is 1.22 bits per heavy atom. The number of hydrogen-bond donors (Lipinski definition) is 4. The molecule has 0 aromatic heterocycles. The highest BCUT2D eigenvalue weighted by molar-refractivity contribution is 7.99. The molecule has 4 rings (SSSR count). The van der Waals surface area contributed by atoms with Crippen molar-refractivity contribution < 1.29 is 35.9 Å². The largest absolute Gasteiger partial charge is 0.418 e. The minimum atomic E-state index is -4.69. The average molecular weight is 591 g/mol. The summed E-state index contributed by atoms with van der Waals surface area (Å²) in [5.74, 6) is -1.47. The van der Waals surface area contributed by atoms with Gasteiger partial charge in [0.05, 0.1) is 11.1 Å². The maximum atomic E-state index is 13.1. The van der Waals surface area contributed by atoms with Crippen molar-refractivity contribution in [3.8, 4) is 0 Å². The van der Waals surface area contributed by atoms with Gasteiger partial charge in [-0.25, -0.2) is 0 Å². The number of nitrogens with one attached hydrogen (secondary N) is 2. The summed E-state index contributed by atoms with van der Waals surface area (Å²) in [7, 11) is 0. The summed E-state index contributed by atoms with van der Waals surface area (Å²) in [4.78, 5) is 26.4. The highest BCUT2D eigenvalue weighted by atomic mass is 32.2. The summed E-state index contributed by atoms with van der Waals surface area (Å²) in [5.41, 5.74) is 7.92. The third-order valence-corrected chi connectivity index (χ3v) is 6.72. The van der Waals surface area contributed by atoms with Gasteiger partial charge in [-0.05, 0) is 84.9 Å². The zero-order valence-corrected chi connectivity index (χ0v) is 21.5. The molecule has 0 heterocycles. The molecule has 0 aliphatic rings. The molecule has 0 spiro atoms. The second kappa shape index (κ2) is 11.5. The molecule has 0 bridgehead atoms. The Morgan fingerprint density at radius 1 is 0.561 bits per heavy atom. The summed E-state index contributed by atoms with van der Waals surface area (Å²) >= 11 is 1.34. The van der Waals surface area contributed by atoms with Crippen LogP contribution in [0.2, 0.25) is 0 Å². The number of rotatable bonds is 6. The lowest BCUT2D eigenvalue weighted by atomic mass is 10.1. The molecule has 2 amide bonds. The third kappa shape index (κ3) is 7.31. The van der Waals surface area contributed by atoms with Crippen LogP contribution in [0.3, 0.4) is 0 Å². The topological polar surface area (TPSA) is 110 Å². The molecule has 6 nitrogen and oxygen atoms in total. The first-order valence-electron chi connectivity index (χ1n) is 11.6. The molecular weight excluding hydrogens is 570 g/mol. The number of carbonyl (C=O) groups is 2. The molecule has 4 aromatic carbocycles. The van der Waals surface area contributed by atoms with Gasteiger partial charge >= 0.3 is 12.4 Å². The smallest absolute Gasteiger partial charge is 0.398 e. The minimum Gasteiger partial charge on any atom is -0.398 e. The van der Waals surface area contributed by atoms with Gasteiger partial charge in [0.25, 0.3) is 11.8 Å². The standard InChI is InChI=1S/C28H20F6N4O2S/c29-27(30,31)21-13-15(1-11-23(21)35)25(39)37-17-3-7-19(8-4-17)41-20-9-5-18(6-10-20)38-26(40)16-2-12-24(36)22(14-16)28(32,33)34/h1-14H,35-36H2,(H,37,39)(H,38,40). The van der Waals surface area contributed by atoms with Crippen LogP contribution in [0.25, 0.3) is 0 Å². The molecule has 0 saturated heterocycles. The number of halogens is 6. The Kier molecular flexibility index (Phi) is 8.19. The van der Waals surface area contributed by atoms with E-state index in [1.807, 2.05) is 0 Å². The lowest BCUT2D eigenvalue weighted by Gasteiger charge is -2.12. The fraction of sp³-hybridized carbons (Fsp3) is 0.0714. The normalized spacial score (nSPS) is 11.7. The SMILES string of the molecule is Nc1ccc(C(=O)Nc2ccc(Sc3ccc(NC(=O)c4ccc(N)c(C(F)(F)F)c4)cc3)cc2)cc1C(F)(F)F. The molecule has 0 atom stereocenters. The van der Waals surface area contributed by atoms with E-state index in [2.05, 4.69) is 10.6 Å². The predicted molar refractivity (Wildman–Crippen MR) is 145 cm³/mol. The summed E-state index contributed by atoms with van der Waals surface area (Å²) in [5, 5.41) is 5.07. The fourth-order valence-electron chi connectivity index (χ4n) is 3.64. The van der Waals surface area contributed by atoms with Gasteiger partial charge in [0.2, 0.25) is 0 Å². The Balaban J connectivity index is 1.36. The van der Waals surface area contributed by atoms with Gasteiger partial charge in [-0.1, -0.05) is 11.8 Å². The lowest BCUT2D eigenvalue weighted by Crippen LogP contribution is -2.15. The zero-order chi connectivity index (χ0) is 29.9. The molecule has 212 valence electrons. The van der Waals surface area contributed by atoms with E-state index < -0.39 is 46.7 Å². The van der Waals surface area contributed by atoms with Crippen LogP contribution in [0, 0.1) is 0 Å². The van der Waals surface area contributed by atoms with Gasteiger partial charge in [0.15, 0.2) is 0 Å². The maximum Gasteiger partial charge on any atom is 0.418 e. The predicted octanol–water partition coefficient (Wildman–Crippen LogP) is 7.54. The zero-order valence-electron chi connectivity index (χ0n) is 20.7. The number of nitrogens with two attached hydrogens (primary N) is 2. The van der Waals surface area contributed by atoms with Crippen molar-refractivity contribution in [2.45, 2.75) is 22.1 Å². The summed E-state index contributed by atoms with van der Waals surface area (Å²) in [6, 6.07) is 18.9. The molecule has 0 saturated carbocycles. The van der Waals surface area contributed by atoms with E-state index in [0.717, 1.165) is 21.9 Å². The van der Waals surface area contributed by atoms with E-state index in [9.17, 15) is 35.9 Å². The first-order valence-corrected chi connectivity index (χ1v) is 12.5. The van der Waals surface area contributed by atoms with E-state index in [1.54, 1.807) is 48.5 Å². The molecule has 0 unspecified atom stereocenters. The van der Waals surface area contributed by atoms with Gasteiger partial charge < -0.3 is 22.1 Å². The molecule has 6 N–H and O–H groups in total. The molecule has 4 aromatic rings. The Bertz CT molecular complexity index is 1470. The van der Waals surface area contributed by atoms with Gasteiger partial charge in [-0.15, -0.1) is 0 Å². The van der Waals surface area contributed by atoms with Gasteiger partial charge in [-0.3, -0.25) is 9.59 Å². The molecular formula is C28H20F6N4O2S. The van der Waals surface area contributed by atoms with Crippen LogP contribution in [0.4, 0.5) is 49.1 Å². The van der Waals surface area contributed by atoms with Gasteiger partial charge in [0, 0.05) is 43.7 Å². The first kappa shape index (κ1) is 29.3. The van der Waals surface area contributed by atoms with Crippen LogP contribution in [0.5, 0.6) is 0 Å². The molecule has 0 radical (unpaired) electrons. The number of nitrogen functional groups attached to an aromatic ring is 2. The Morgan fingerprint density at radius 2 is 0.902 bits per heavy atom. The van der Waals surface area contributed by atoms with Crippen LogP contribution in [0.1, 0.15) is 31.8 Å². The molecule has 13 heteroatoms. The van der Waals surface area contributed by atoms with E-state index in [0.29, 0.717) is 23.5 Å². The first-order chi connectivity index (χ1) is 19.2. The minimum absolute atomic E-state index is 0.200. The van der Waals surface area contributed by atoms with Crippen molar-refractivity contribution in [2.75, 3.05) is 22.1 Å². The lowest BCUT2D eigenvalue weighted by molar-refractivity contribution is -0.137. The summed E-state index contributed by atoms with van der Waals surface area (Å²) in [6.07, 6.45) is -9.39. The summed E-state index contributed by atoms with van der Waals surface area (Å²) < 4.78 is 78.5. The monoisotopic (exact) mass is 590 g/mol. The average Bonchev–Trinajstić information content (AvgIpc) is 2.90. The molecule has 41 heavy (non-hydrogen) atoms. The van der Waals surface area contributed by atoms with Crippen LogP contribution in [0.15, 0.2) is 94.7 Å². The summed E-state index contributed by atoms with van der Waals surface area (Å²) in [6.45, 7) is 0.